The van der Waals surface area contributed by atoms with E-state index in [1.807, 2.05) is 65.6 Å². The predicted octanol–water partition coefficient (Wildman–Crippen LogP) is 4.81. The van der Waals surface area contributed by atoms with Crippen LogP contribution in [0.15, 0.2) is 72.1 Å². The molecule has 1 saturated carbocycles. The van der Waals surface area contributed by atoms with Crippen molar-refractivity contribution in [2.24, 2.45) is 5.92 Å². The summed E-state index contributed by atoms with van der Waals surface area (Å²) >= 11 is 1.74. The van der Waals surface area contributed by atoms with E-state index in [0.29, 0.717) is 31.2 Å². The summed E-state index contributed by atoms with van der Waals surface area (Å²) < 4.78 is 6.08. The van der Waals surface area contributed by atoms with Crippen LogP contribution in [0.1, 0.15) is 39.7 Å². The maximum absolute atomic E-state index is 13.6. The lowest BCUT2D eigenvalue weighted by Gasteiger charge is -2.37. The third-order valence-corrected chi connectivity index (χ3v) is 7.37. The highest BCUT2D eigenvalue weighted by molar-refractivity contribution is 7.10. The van der Waals surface area contributed by atoms with E-state index in [9.17, 15) is 9.59 Å². The minimum atomic E-state index is -0.151. The number of amides is 2. The number of fused-ring (bicyclic) bond motifs is 1. The molecule has 2 amide bonds. The molecule has 1 unspecified atom stereocenters. The number of rotatable bonds is 8. The summed E-state index contributed by atoms with van der Waals surface area (Å²) in [4.78, 5) is 31.8. The van der Waals surface area contributed by atoms with E-state index in [-0.39, 0.29) is 24.4 Å². The molecule has 5 nitrogen and oxygen atoms in total. The molecule has 1 fully saturated rings. The zero-order chi connectivity index (χ0) is 22.6. The molecule has 0 spiro atoms. The van der Waals surface area contributed by atoms with E-state index in [1.165, 1.54) is 10.4 Å². The summed E-state index contributed by atoms with van der Waals surface area (Å²) in [5.74, 6) is 1.22. The Kier molecular flexibility index (Phi) is 6.44. The first-order valence-electron chi connectivity index (χ1n) is 11.6. The molecule has 2 aromatic carbocycles. The lowest BCUT2D eigenvalue weighted by atomic mass is 10.0. The number of ether oxygens (including phenoxy) is 1. The second-order valence-corrected chi connectivity index (χ2v) is 9.77. The van der Waals surface area contributed by atoms with Crippen molar-refractivity contribution in [3.8, 4) is 5.75 Å². The minimum absolute atomic E-state index is 0.0153. The summed E-state index contributed by atoms with van der Waals surface area (Å²) in [5, 5.41) is 2.09. The Bertz CT molecular complexity index is 1090. The largest absolute Gasteiger partial charge is 0.491 e. The minimum Gasteiger partial charge on any atom is -0.491 e. The number of benzene rings is 2. The molecule has 1 aliphatic heterocycles. The summed E-state index contributed by atoms with van der Waals surface area (Å²) in [6.07, 6.45) is 3.10. The fraction of sp³-hybridized carbons (Fsp3) is 0.333. The van der Waals surface area contributed by atoms with Crippen LogP contribution in [0.4, 0.5) is 0 Å². The molecule has 1 atom stereocenters. The van der Waals surface area contributed by atoms with Gasteiger partial charge in [-0.05, 0) is 66.5 Å². The number of nitrogens with zero attached hydrogens (tertiary/aromatic N) is 2. The number of hydrogen-bond acceptors (Lipinski definition) is 4. The van der Waals surface area contributed by atoms with Crippen LogP contribution >= 0.6 is 11.3 Å². The van der Waals surface area contributed by atoms with E-state index in [1.54, 1.807) is 16.2 Å². The fourth-order valence-corrected chi connectivity index (χ4v) is 5.34. The molecule has 0 radical (unpaired) electrons. The van der Waals surface area contributed by atoms with Crippen molar-refractivity contribution >= 4 is 23.2 Å². The number of carbonyl (C=O) groups is 2. The summed E-state index contributed by atoms with van der Waals surface area (Å²) in [5.41, 5.74) is 1.80. The first-order valence-corrected chi connectivity index (χ1v) is 12.4. The predicted molar refractivity (Wildman–Crippen MR) is 129 cm³/mol. The Labute approximate surface area is 198 Å². The second kappa shape index (κ2) is 9.79. The number of carbonyl (C=O) groups excluding carboxylic acids is 2. The highest BCUT2D eigenvalue weighted by atomic mass is 32.1. The van der Waals surface area contributed by atoms with Gasteiger partial charge in [-0.2, -0.15) is 0 Å². The first-order chi connectivity index (χ1) is 16.2. The van der Waals surface area contributed by atoms with Gasteiger partial charge in [0.1, 0.15) is 18.9 Å². The molecule has 170 valence electrons. The standard InChI is InChI=1S/C27H28N2O3S/c30-26(18-28(17-20-11-12-20)27(31)21-7-3-1-4-8-21)29-15-13-25-23(14-16-33-25)24(29)19-32-22-9-5-2-6-10-22/h1-10,14,16,20,24H,11-13,15,17-19H2. The Balaban J connectivity index is 1.33. The van der Waals surface area contributed by atoms with Gasteiger partial charge in [0.15, 0.2) is 0 Å². The third kappa shape index (κ3) is 5.11. The molecule has 33 heavy (non-hydrogen) atoms. The maximum Gasteiger partial charge on any atom is 0.254 e. The molecule has 1 aromatic heterocycles. The van der Waals surface area contributed by atoms with Crippen molar-refractivity contribution in [3.63, 3.8) is 0 Å². The zero-order valence-electron chi connectivity index (χ0n) is 18.6. The summed E-state index contributed by atoms with van der Waals surface area (Å²) in [6.45, 7) is 1.79. The third-order valence-electron chi connectivity index (χ3n) is 6.38. The van der Waals surface area contributed by atoms with Gasteiger partial charge in [-0.25, -0.2) is 0 Å². The molecular weight excluding hydrogens is 432 g/mol. The average molecular weight is 461 g/mol. The van der Waals surface area contributed by atoms with Gasteiger partial charge in [0.2, 0.25) is 5.91 Å². The molecule has 1 aliphatic carbocycles. The Morgan fingerprint density at radius 2 is 1.73 bits per heavy atom. The maximum atomic E-state index is 13.6. The van der Waals surface area contributed by atoms with Gasteiger partial charge in [0.25, 0.3) is 5.91 Å². The lowest BCUT2D eigenvalue weighted by Crippen LogP contribution is -2.48. The van der Waals surface area contributed by atoms with Crippen molar-refractivity contribution in [3.05, 3.63) is 88.1 Å². The molecule has 0 N–H and O–H groups in total. The zero-order valence-corrected chi connectivity index (χ0v) is 19.4. The molecule has 0 bridgehead atoms. The quantitative estimate of drug-likeness (QED) is 0.485. The molecule has 5 rings (SSSR count). The highest BCUT2D eigenvalue weighted by Gasteiger charge is 2.35. The molecule has 0 saturated heterocycles. The van der Waals surface area contributed by atoms with E-state index < -0.39 is 0 Å². The normalized spacial score (nSPS) is 17.3. The van der Waals surface area contributed by atoms with E-state index in [4.69, 9.17) is 4.74 Å². The fourth-order valence-electron chi connectivity index (χ4n) is 4.42. The van der Waals surface area contributed by atoms with Crippen LogP contribution < -0.4 is 4.74 Å². The van der Waals surface area contributed by atoms with Gasteiger partial charge >= 0.3 is 0 Å². The van der Waals surface area contributed by atoms with Crippen LogP contribution in [0, 0.1) is 5.92 Å². The molecular formula is C27H28N2O3S. The van der Waals surface area contributed by atoms with Crippen LogP contribution in [-0.4, -0.2) is 47.9 Å². The second-order valence-electron chi connectivity index (χ2n) is 8.77. The van der Waals surface area contributed by atoms with Gasteiger partial charge in [-0.1, -0.05) is 36.4 Å². The number of hydrogen-bond donors (Lipinski definition) is 0. The van der Waals surface area contributed by atoms with Gasteiger partial charge in [0.05, 0.1) is 6.04 Å². The Morgan fingerprint density at radius 3 is 2.45 bits per heavy atom. The van der Waals surface area contributed by atoms with Crippen LogP contribution in [0.2, 0.25) is 0 Å². The summed E-state index contributed by atoms with van der Waals surface area (Å²) in [6, 6.07) is 20.9. The van der Waals surface area contributed by atoms with E-state index >= 15 is 0 Å². The van der Waals surface area contributed by atoms with Crippen LogP contribution in [-0.2, 0) is 11.2 Å². The van der Waals surface area contributed by atoms with Crippen molar-refractivity contribution in [1.29, 1.82) is 0 Å². The Hall–Kier alpha value is -3.12. The SMILES string of the molecule is O=C(c1ccccc1)N(CC(=O)N1CCc2sccc2C1COc1ccccc1)CC1CC1. The van der Waals surface area contributed by atoms with Gasteiger partial charge in [0, 0.05) is 23.5 Å². The van der Waals surface area contributed by atoms with Crippen molar-refractivity contribution < 1.29 is 14.3 Å². The van der Waals surface area contributed by atoms with E-state index in [0.717, 1.165) is 25.0 Å². The van der Waals surface area contributed by atoms with Gasteiger partial charge in [-0.15, -0.1) is 11.3 Å². The number of thiophene rings is 1. The lowest BCUT2D eigenvalue weighted by molar-refractivity contribution is -0.135. The smallest absolute Gasteiger partial charge is 0.254 e. The Morgan fingerprint density at radius 1 is 1.00 bits per heavy atom. The van der Waals surface area contributed by atoms with Crippen molar-refractivity contribution in [2.45, 2.75) is 25.3 Å². The monoisotopic (exact) mass is 460 g/mol. The average Bonchev–Trinajstić information content (AvgIpc) is 3.55. The topological polar surface area (TPSA) is 49.9 Å². The van der Waals surface area contributed by atoms with Crippen LogP contribution in [0.25, 0.3) is 0 Å². The van der Waals surface area contributed by atoms with Gasteiger partial charge in [-0.3, -0.25) is 9.59 Å². The molecule has 2 aliphatic rings. The molecule has 6 heteroatoms. The van der Waals surface area contributed by atoms with E-state index in [2.05, 4.69) is 11.4 Å². The molecule has 2 heterocycles. The number of para-hydroxylation sites is 1. The first kappa shape index (κ1) is 21.7. The van der Waals surface area contributed by atoms with Crippen molar-refractivity contribution in [2.75, 3.05) is 26.2 Å². The highest BCUT2D eigenvalue weighted by Crippen LogP contribution is 2.34. The van der Waals surface area contributed by atoms with Crippen LogP contribution in [0.5, 0.6) is 5.75 Å². The van der Waals surface area contributed by atoms with Crippen molar-refractivity contribution in [1.82, 2.24) is 9.80 Å². The molecule has 3 aromatic rings. The van der Waals surface area contributed by atoms with Gasteiger partial charge < -0.3 is 14.5 Å². The summed E-state index contributed by atoms with van der Waals surface area (Å²) in [7, 11) is 0. The van der Waals surface area contributed by atoms with Crippen LogP contribution in [0.3, 0.4) is 0 Å².